The van der Waals surface area contributed by atoms with Gasteiger partial charge in [-0.3, -0.25) is 14.0 Å². The number of carboxylic acid groups (broad SMARTS) is 1. The number of carbonyl (C=O) groups excluding carboxylic acids is 1. The Bertz CT molecular complexity index is 635. The molecule has 1 saturated heterocycles. The van der Waals surface area contributed by atoms with Crippen LogP contribution in [-0.2, 0) is 16.0 Å². The summed E-state index contributed by atoms with van der Waals surface area (Å²) in [7, 11) is 0. The quantitative estimate of drug-likeness (QED) is 0.932. The fourth-order valence-electron chi connectivity index (χ4n) is 2.83. The molecular weight excluding hydrogens is 290 g/mol. The molecule has 2 aromatic heterocycles. The van der Waals surface area contributed by atoms with Gasteiger partial charge in [-0.05, 0) is 18.8 Å². The average Bonchev–Trinajstić information content (AvgIpc) is 2.99. The van der Waals surface area contributed by atoms with Gasteiger partial charge in [0.1, 0.15) is 0 Å². The van der Waals surface area contributed by atoms with Crippen molar-refractivity contribution in [1.29, 1.82) is 0 Å². The van der Waals surface area contributed by atoms with E-state index in [4.69, 9.17) is 5.11 Å². The van der Waals surface area contributed by atoms with Crippen LogP contribution in [0.5, 0.6) is 0 Å². The Kier molecular flexibility index (Phi) is 3.92. The summed E-state index contributed by atoms with van der Waals surface area (Å²) >= 11 is 1.54. The molecule has 1 amide bonds. The number of thiazole rings is 1. The van der Waals surface area contributed by atoms with Crippen molar-refractivity contribution in [3.05, 3.63) is 23.5 Å². The molecule has 0 spiro atoms. The number of hydrogen-bond acceptors (Lipinski definition) is 4. The SMILES string of the molecule is O=C(O)CC1CCCN(C(=O)Cc2cn3ccsc3n2)C1. The number of aromatic nitrogens is 2. The van der Waals surface area contributed by atoms with Crippen molar-refractivity contribution in [2.24, 2.45) is 5.92 Å². The summed E-state index contributed by atoms with van der Waals surface area (Å²) < 4.78 is 1.91. The molecule has 0 bridgehead atoms. The molecule has 1 unspecified atom stereocenters. The molecule has 7 heteroatoms. The van der Waals surface area contributed by atoms with Gasteiger partial charge in [0.25, 0.3) is 0 Å². The number of aliphatic carboxylic acids is 1. The summed E-state index contributed by atoms with van der Waals surface area (Å²) in [4.78, 5) is 30.2. The van der Waals surface area contributed by atoms with E-state index < -0.39 is 5.97 Å². The first kappa shape index (κ1) is 14.1. The maximum Gasteiger partial charge on any atom is 0.303 e. The number of nitrogens with zero attached hydrogens (tertiary/aromatic N) is 3. The third-order valence-electron chi connectivity index (χ3n) is 3.81. The molecule has 1 aliphatic heterocycles. The third-order valence-corrected chi connectivity index (χ3v) is 4.58. The summed E-state index contributed by atoms with van der Waals surface area (Å²) in [6.45, 7) is 1.27. The normalized spacial score (nSPS) is 19.0. The minimum atomic E-state index is -0.788. The molecule has 1 N–H and O–H groups in total. The molecule has 0 radical (unpaired) electrons. The van der Waals surface area contributed by atoms with Crippen molar-refractivity contribution in [1.82, 2.24) is 14.3 Å². The standard InChI is InChI=1S/C14H17N3O3S/c18-12(7-11-9-17-4-5-21-14(17)15-11)16-3-1-2-10(8-16)6-13(19)20/h4-5,9-10H,1-3,6-8H2,(H,19,20). The van der Waals surface area contributed by atoms with Crippen LogP contribution in [0.3, 0.4) is 0 Å². The minimum Gasteiger partial charge on any atom is -0.481 e. The van der Waals surface area contributed by atoms with Crippen LogP contribution in [0.4, 0.5) is 0 Å². The molecule has 6 nitrogen and oxygen atoms in total. The highest BCUT2D eigenvalue weighted by molar-refractivity contribution is 7.15. The Morgan fingerprint density at radius 1 is 1.48 bits per heavy atom. The van der Waals surface area contributed by atoms with E-state index >= 15 is 0 Å². The summed E-state index contributed by atoms with van der Waals surface area (Å²) in [5, 5.41) is 10.8. The highest BCUT2D eigenvalue weighted by Gasteiger charge is 2.25. The molecule has 3 heterocycles. The zero-order valence-corrected chi connectivity index (χ0v) is 12.4. The van der Waals surface area contributed by atoms with E-state index in [1.54, 1.807) is 4.90 Å². The van der Waals surface area contributed by atoms with Gasteiger partial charge < -0.3 is 10.0 Å². The van der Waals surface area contributed by atoms with Gasteiger partial charge in [0.2, 0.25) is 5.91 Å². The van der Waals surface area contributed by atoms with Crippen LogP contribution in [0.1, 0.15) is 25.0 Å². The third kappa shape index (κ3) is 3.24. The van der Waals surface area contributed by atoms with Crippen LogP contribution >= 0.6 is 11.3 Å². The van der Waals surface area contributed by atoms with E-state index in [9.17, 15) is 9.59 Å². The van der Waals surface area contributed by atoms with Gasteiger partial charge in [-0.2, -0.15) is 0 Å². The smallest absolute Gasteiger partial charge is 0.303 e. The number of likely N-dealkylation sites (tertiary alicyclic amines) is 1. The van der Waals surface area contributed by atoms with Gasteiger partial charge in [-0.25, -0.2) is 4.98 Å². The van der Waals surface area contributed by atoms with Gasteiger partial charge in [-0.15, -0.1) is 11.3 Å². The Labute approximate surface area is 126 Å². The number of rotatable bonds is 4. The lowest BCUT2D eigenvalue weighted by molar-refractivity contribution is -0.140. The van der Waals surface area contributed by atoms with E-state index in [2.05, 4.69) is 4.98 Å². The van der Waals surface area contributed by atoms with Crippen molar-refractivity contribution in [3.8, 4) is 0 Å². The van der Waals surface area contributed by atoms with Crippen LogP contribution in [0, 0.1) is 5.92 Å². The van der Waals surface area contributed by atoms with Gasteiger partial charge in [0.15, 0.2) is 4.96 Å². The van der Waals surface area contributed by atoms with E-state index in [1.807, 2.05) is 22.2 Å². The van der Waals surface area contributed by atoms with Gasteiger partial charge in [0.05, 0.1) is 12.1 Å². The highest BCUT2D eigenvalue weighted by atomic mass is 32.1. The average molecular weight is 307 g/mol. The molecule has 0 aliphatic carbocycles. The number of carbonyl (C=O) groups is 2. The number of carboxylic acids is 1. The summed E-state index contributed by atoms with van der Waals surface area (Å²) in [5.74, 6) is -0.676. The van der Waals surface area contributed by atoms with E-state index in [0.717, 1.165) is 30.0 Å². The first-order valence-electron chi connectivity index (χ1n) is 7.02. The van der Waals surface area contributed by atoms with Crippen molar-refractivity contribution < 1.29 is 14.7 Å². The first-order valence-corrected chi connectivity index (χ1v) is 7.90. The summed E-state index contributed by atoms with van der Waals surface area (Å²) in [5.41, 5.74) is 0.771. The molecule has 0 aromatic carbocycles. The molecule has 1 atom stereocenters. The molecule has 2 aromatic rings. The Balaban J connectivity index is 1.61. The molecular formula is C14H17N3O3S. The summed E-state index contributed by atoms with van der Waals surface area (Å²) in [6.07, 6.45) is 5.99. The lowest BCUT2D eigenvalue weighted by Crippen LogP contribution is -2.41. The first-order chi connectivity index (χ1) is 10.1. The lowest BCUT2D eigenvalue weighted by atomic mass is 9.94. The zero-order chi connectivity index (χ0) is 14.8. The van der Waals surface area contributed by atoms with Crippen molar-refractivity contribution >= 4 is 28.2 Å². The molecule has 21 heavy (non-hydrogen) atoms. The van der Waals surface area contributed by atoms with Crippen molar-refractivity contribution in [3.63, 3.8) is 0 Å². The maximum absolute atomic E-state index is 12.3. The van der Waals surface area contributed by atoms with Crippen LogP contribution in [0.15, 0.2) is 17.8 Å². The monoisotopic (exact) mass is 307 g/mol. The van der Waals surface area contributed by atoms with Crippen LogP contribution in [-0.4, -0.2) is 44.4 Å². The largest absolute Gasteiger partial charge is 0.481 e. The minimum absolute atomic E-state index is 0.0378. The fraction of sp³-hybridized carbons (Fsp3) is 0.500. The number of piperidine rings is 1. The Morgan fingerprint density at radius 2 is 2.33 bits per heavy atom. The van der Waals surface area contributed by atoms with Crippen LogP contribution in [0.25, 0.3) is 4.96 Å². The number of fused-ring (bicyclic) bond motifs is 1. The predicted molar refractivity (Wildman–Crippen MR) is 78.3 cm³/mol. The Morgan fingerprint density at radius 3 is 3.10 bits per heavy atom. The molecule has 0 saturated carbocycles. The molecule has 1 aliphatic rings. The van der Waals surface area contributed by atoms with Crippen molar-refractivity contribution in [2.75, 3.05) is 13.1 Å². The highest BCUT2D eigenvalue weighted by Crippen LogP contribution is 2.20. The second-order valence-corrected chi connectivity index (χ2v) is 6.32. The van der Waals surface area contributed by atoms with E-state index in [1.165, 1.54) is 11.3 Å². The second kappa shape index (κ2) is 5.85. The molecule has 1 fully saturated rings. The van der Waals surface area contributed by atoms with Crippen LogP contribution < -0.4 is 0 Å². The maximum atomic E-state index is 12.3. The van der Waals surface area contributed by atoms with Crippen LogP contribution in [0.2, 0.25) is 0 Å². The Hall–Kier alpha value is -1.89. The number of imidazole rings is 1. The molecule has 3 rings (SSSR count). The number of hydrogen-bond donors (Lipinski definition) is 1. The lowest BCUT2D eigenvalue weighted by Gasteiger charge is -2.32. The van der Waals surface area contributed by atoms with E-state index in [0.29, 0.717) is 6.54 Å². The van der Waals surface area contributed by atoms with Gasteiger partial charge in [0, 0.05) is 37.3 Å². The number of amides is 1. The zero-order valence-electron chi connectivity index (χ0n) is 11.6. The van der Waals surface area contributed by atoms with Crippen molar-refractivity contribution in [2.45, 2.75) is 25.7 Å². The van der Waals surface area contributed by atoms with E-state index in [-0.39, 0.29) is 24.7 Å². The van der Waals surface area contributed by atoms with Gasteiger partial charge >= 0.3 is 5.97 Å². The van der Waals surface area contributed by atoms with Gasteiger partial charge in [-0.1, -0.05) is 0 Å². The predicted octanol–water partition coefficient (Wildman–Crippen LogP) is 1.65. The summed E-state index contributed by atoms with van der Waals surface area (Å²) in [6, 6.07) is 0. The fourth-order valence-corrected chi connectivity index (χ4v) is 3.55. The molecule has 112 valence electrons. The second-order valence-electron chi connectivity index (χ2n) is 5.45. The topological polar surface area (TPSA) is 74.9 Å².